The van der Waals surface area contributed by atoms with Gasteiger partial charge < -0.3 is 27.5 Å². The van der Waals surface area contributed by atoms with Crippen molar-refractivity contribution >= 4 is 5.97 Å². The van der Waals surface area contributed by atoms with Gasteiger partial charge in [0.25, 0.3) is 0 Å². The van der Waals surface area contributed by atoms with Crippen LogP contribution < -0.4 is 22.7 Å². The van der Waals surface area contributed by atoms with E-state index < -0.39 is 5.97 Å². The smallest absolute Gasteiger partial charge is 0.0383 e. The number of carbonyl (C=O) groups excluding carboxylic acids is 1. The van der Waals surface area contributed by atoms with Crippen LogP contribution >= 0.6 is 0 Å². The van der Waals surface area contributed by atoms with E-state index in [0.29, 0.717) is 13.1 Å². The molecule has 0 atom stereocenters. The predicted octanol–water partition coefficient (Wildman–Crippen LogP) is -1.97. The molecule has 0 fully saturated rings. The Morgan fingerprint density at radius 2 is 1.50 bits per heavy atom. The second-order valence-corrected chi connectivity index (χ2v) is 1.07. The van der Waals surface area contributed by atoms with Gasteiger partial charge in [-0.1, -0.05) is 0 Å². The molecule has 6 heteroatoms. The van der Waals surface area contributed by atoms with Crippen molar-refractivity contribution in [3.8, 4) is 0 Å². The zero-order valence-electron chi connectivity index (χ0n) is 6.24. The summed E-state index contributed by atoms with van der Waals surface area (Å²) >= 11 is 0. The fourth-order valence-corrected chi connectivity index (χ4v) is 0. The molecule has 0 aliphatic rings. The molecule has 0 aliphatic carbocycles. The molecular formula is C4H15FeN3O2. The van der Waals surface area contributed by atoms with Gasteiger partial charge in [0.05, 0.1) is 0 Å². The number of nitrogens with two attached hydrogens (primary N) is 2. The van der Waals surface area contributed by atoms with Gasteiger partial charge in [0.15, 0.2) is 0 Å². The van der Waals surface area contributed by atoms with Crippen LogP contribution in [0.1, 0.15) is 6.92 Å². The quantitative estimate of drug-likeness (QED) is 0.417. The number of carboxylic acids is 1. The SMILES string of the molecule is CC(=O)[O-].NCCN.[Fe].[NH4+]. The molecule has 0 aromatic rings. The summed E-state index contributed by atoms with van der Waals surface area (Å²) in [5.41, 5.74) is 9.81. The van der Waals surface area contributed by atoms with Crippen LogP contribution in [0.25, 0.3) is 0 Å². The van der Waals surface area contributed by atoms with E-state index in [0.717, 1.165) is 6.92 Å². The number of quaternary nitrogens is 1. The van der Waals surface area contributed by atoms with E-state index >= 15 is 0 Å². The van der Waals surface area contributed by atoms with Crippen LogP contribution in [0.15, 0.2) is 0 Å². The Morgan fingerprint density at radius 1 is 1.40 bits per heavy atom. The van der Waals surface area contributed by atoms with E-state index in [1.807, 2.05) is 0 Å². The van der Waals surface area contributed by atoms with Crippen LogP contribution in [0.4, 0.5) is 0 Å². The molecule has 0 saturated heterocycles. The third-order valence-electron chi connectivity index (χ3n) is 0.167. The molecule has 66 valence electrons. The molecule has 0 unspecified atom stereocenters. The van der Waals surface area contributed by atoms with Crippen LogP contribution in [0, 0.1) is 0 Å². The maximum absolute atomic E-state index is 8.89. The van der Waals surface area contributed by atoms with E-state index in [4.69, 9.17) is 21.4 Å². The first-order valence-corrected chi connectivity index (χ1v) is 2.22. The molecule has 8 N–H and O–H groups in total. The molecule has 0 rings (SSSR count). The predicted molar refractivity (Wildman–Crippen MR) is 34.8 cm³/mol. The summed E-state index contributed by atoms with van der Waals surface area (Å²) in [4.78, 5) is 8.89. The Kier molecular flexibility index (Phi) is 52.2. The zero-order valence-corrected chi connectivity index (χ0v) is 7.34. The van der Waals surface area contributed by atoms with Crippen molar-refractivity contribution in [2.75, 3.05) is 13.1 Å². The van der Waals surface area contributed by atoms with E-state index in [2.05, 4.69) is 0 Å². The Labute approximate surface area is 71.2 Å². The number of aliphatic carboxylic acids is 1. The molecule has 0 amide bonds. The Balaban J connectivity index is -0.0000000300. The molecule has 0 heterocycles. The van der Waals surface area contributed by atoms with Crippen molar-refractivity contribution in [2.45, 2.75) is 6.92 Å². The summed E-state index contributed by atoms with van der Waals surface area (Å²) in [6.45, 7) is 2.17. The van der Waals surface area contributed by atoms with Crippen LogP contribution in [0.5, 0.6) is 0 Å². The average Bonchev–Trinajstić information content (AvgIpc) is 1.65. The Bertz CT molecular complexity index is 56.5. The minimum absolute atomic E-state index is 0. The first kappa shape index (κ1) is 22.5. The van der Waals surface area contributed by atoms with E-state index in [1.165, 1.54) is 0 Å². The topological polar surface area (TPSA) is 129 Å². The van der Waals surface area contributed by atoms with Crippen molar-refractivity contribution in [3.63, 3.8) is 0 Å². The van der Waals surface area contributed by atoms with Gasteiger partial charge in [-0.05, 0) is 6.92 Å². The van der Waals surface area contributed by atoms with Crippen molar-refractivity contribution in [1.29, 1.82) is 0 Å². The van der Waals surface area contributed by atoms with E-state index in [1.54, 1.807) is 0 Å². The van der Waals surface area contributed by atoms with Gasteiger partial charge >= 0.3 is 0 Å². The third-order valence-corrected chi connectivity index (χ3v) is 0.167. The summed E-state index contributed by atoms with van der Waals surface area (Å²) < 4.78 is 0. The first-order chi connectivity index (χ1) is 3.65. The van der Waals surface area contributed by atoms with Crippen LogP contribution in [0.2, 0.25) is 0 Å². The maximum Gasteiger partial charge on any atom is 0.0383 e. The number of hydrogen-bond donors (Lipinski definition) is 3. The van der Waals surface area contributed by atoms with Crippen molar-refractivity contribution in [3.05, 3.63) is 0 Å². The van der Waals surface area contributed by atoms with E-state index in [9.17, 15) is 0 Å². The molecule has 5 nitrogen and oxygen atoms in total. The average molecular weight is 193 g/mol. The van der Waals surface area contributed by atoms with Crippen LogP contribution in [-0.2, 0) is 21.9 Å². The maximum atomic E-state index is 8.89. The van der Waals surface area contributed by atoms with Gasteiger partial charge in [0.1, 0.15) is 0 Å². The zero-order chi connectivity index (χ0) is 6.99. The molecular weight excluding hydrogens is 178 g/mol. The number of hydrogen-bond acceptors (Lipinski definition) is 4. The normalized spacial score (nSPS) is 5.50. The van der Waals surface area contributed by atoms with Crippen molar-refractivity contribution < 1.29 is 27.0 Å². The molecule has 10 heavy (non-hydrogen) atoms. The van der Waals surface area contributed by atoms with Gasteiger partial charge in [-0.3, -0.25) is 0 Å². The first-order valence-electron chi connectivity index (χ1n) is 2.22. The Morgan fingerprint density at radius 3 is 1.50 bits per heavy atom. The Hall–Kier alpha value is -0.131. The molecule has 0 aliphatic heterocycles. The molecule has 0 spiro atoms. The molecule has 0 saturated carbocycles. The van der Waals surface area contributed by atoms with Gasteiger partial charge in [-0.15, -0.1) is 0 Å². The minimum Gasteiger partial charge on any atom is -0.550 e. The largest absolute Gasteiger partial charge is 0.550 e. The van der Waals surface area contributed by atoms with Crippen LogP contribution in [-0.4, -0.2) is 19.1 Å². The van der Waals surface area contributed by atoms with Crippen molar-refractivity contribution in [1.82, 2.24) is 6.15 Å². The van der Waals surface area contributed by atoms with Crippen LogP contribution in [0.3, 0.4) is 0 Å². The summed E-state index contributed by atoms with van der Waals surface area (Å²) in [5.74, 6) is -1.08. The molecule has 0 aromatic heterocycles. The second-order valence-electron chi connectivity index (χ2n) is 1.07. The monoisotopic (exact) mass is 193 g/mol. The van der Waals surface area contributed by atoms with Gasteiger partial charge in [-0.2, -0.15) is 0 Å². The number of carboxylic acid groups (broad SMARTS) is 1. The minimum atomic E-state index is -1.08. The van der Waals surface area contributed by atoms with Gasteiger partial charge in [0.2, 0.25) is 0 Å². The van der Waals surface area contributed by atoms with Gasteiger partial charge in [0, 0.05) is 36.1 Å². The summed E-state index contributed by atoms with van der Waals surface area (Å²) in [5, 5.41) is 8.89. The summed E-state index contributed by atoms with van der Waals surface area (Å²) in [6, 6.07) is 0. The second kappa shape index (κ2) is 23.2. The fourth-order valence-electron chi connectivity index (χ4n) is 0. The van der Waals surface area contributed by atoms with E-state index in [-0.39, 0.29) is 23.2 Å². The standard InChI is InChI=1S/C2H8N2.C2H4O2.Fe.H3N/c3-1-2-4;1-2(3)4;;/h1-4H2;1H3,(H,3,4);;1H3. The molecule has 0 bridgehead atoms. The molecule has 0 radical (unpaired) electrons. The number of rotatable bonds is 1. The third kappa shape index (κ3) is 491. The number of carbonyl (C=O) groups is 1. The van der Waals surface area contributed by atoms with Crippen molar-refractivity contribution in [2.24, 2.45) is 11.5 Å². The summed E-state index contributed by atoms with van der Waals surface area (Å²) in [6.07, 6.45) is 0. The fraction of sp³-hybridized carbons (Fsp3) is 0.750. The summed E-state index contributed by atoms with van der Waals surface area (Å²) in [7, 11) is 0. The van der Waals surface area contributed by atoms with Gasteiger partial charge in [-0.25, -0.2) is 0 Å². The molecule has 0 aromatic carbocycles.